The molecular weight excluding hydrogens is 332 g/mol. The van der Waals surface area contributed by atoms with Crippen LogP contribution in [-0.4, -0.2) is 19.8 Å². The molecule has 0 bridgehead atoms. The molecule has 1 heterocycles. The molecule has 1 N–H and O–H groups in total. The lowest BCUT2D eigenvalue weighted by molar-refractivity contribution is -0.403. The van der Waals surface area contributed by atoms with Gasteiger partial charge in [-0.15, -0.1) is 0 Å². The number of hydrogen-bond donors (Lipinski definition) is 1. The zero-order chi connectivity index (χ0) is 18.6. The minimum absolute atomic E-state index is 0.660. The van der Waals surface area contributed by atoms with Crippen LogP contribution in [0, 0.1) is 37.3 Å². The normalized spacial score (nSPS) is 9.96. The van der Waals surface area contributed by atoms with Gasteiger partial charge in [-0.3, -0.25) is 30.3 Å². The summed E-state index contributed by atoms with van der Waals surface area (Å²) >= 11 is 0. The highest BCUT2D eigenvalue weighted by Gasteiger charge is 2.21. The molecule has 0 aliphatic heterocycles. The fourth-order valence-corrected chi connectivity index (χ4v) is 2.11. The zero-order valence-electron chi connectivity index (χ0n) is 12.9. The first kappa shape index (κ1) is 17.5. The predicted octanol–water partition coefficient (Wildman–Crippen LogP) is 3.89. The van der Waals surface area contributed by atoms with Crippen LogP contribution in [0.2, 0.25) is 0 Å². The van der Waals surface area contributed by atoms with Gasteiger partial charge in [0.15, 0.2) is 0 Å². The van der Waals surface area contributed by atoms with E-state index < -0.39 is 31.8 Å². The molecule has 0 fully saturated rings. The lowest BCUT2D eigenvalue weighted by atomic mass is 10.2. The van der Waals surface area contributed by atoms with Crippen LogP contribution in [0.1, 0.15) is 5.56 Å². The summed E-state index contributed by atoms with van der Waals surface area (Å²) < 4.78 is 0. The van der Waals surface area contributed by atoms with Crippen molar-refractivity contribution in [2.75, 3.05) is 0 Å². The first-order valence-electron chi connectivity index (χ1n) is 6.90. The smallest absolute Gasteiger partial charge is 0.283 e. The van der Waals surface area contributed by atoms with Crippen molar-refractivity contribution < 1.29 is 14.8 Å². The lowest BCUT2D eigenvalue weighted by Crippen LogP contribution is -1.96. The number of aromatic nitrogens is 1. The third-order valence-electron chi connectivity index (χ3n) is 3.32. The van der Waals surface area contributed by atoms with Gasteiger partial charge in [0.05, 0.1) is 33.0 Å². The molecule has 0 saturated carbocycles. The van der Waals surface area contributed by atoms with Crippen LogP contribution in [0.3, 0.4) is 0 Å². The van der Waals surface area contributed by atoms with Crippen molar-refractivity contribution in [3.63, 3.8) is 0 Å². The Labute approximate surface area is 140 Å². The van der Waals surface area contributed by atoms with Crippen molar-refractivity contribution in [1.82, 2.24) is 4.98 Å². The molecule has 3 aromatic rings. The Morgan fingerprint density at radius 3 is 1.64 bits per heavy atom. The third kappa shape index (κ3) is 4.13. The van der Waals surface area contributed by atoms with E-state index >= 15 is 0 Å². The maximum atomic E-state index is 10.3. The van der Waals surface area contributed by atoms with Crippen molar-refractivity contribution in [1.29, 1.82) is 0 Å². The van der Waals surface area contributed by atoms with E-state index in [0.717, 1.165) is 0 Å². The number of H-pyrrole nitrogens is 1. The van der Waals surface area contributed by atoms with Gasteiger partial charge in [0, 0.05) is 17.1 Å². The molecule has 2 aromatic carbocycles. The number of para-hydroxylation sites is 1. The summed E-state index contributed by atoms with van der Waals surface area (Å²) in [5, 5.41) is 32.3. The lowest BCUT2D eigenvalue weighted by Gasteiger charge is -1.93. The van der Waals surface area contributed by atoms with Crippen molar-refractivity contribution in [2.45, 2.75) is 6.92 Å². The van der Waals surface area contributed by atoms with Gasteiger partial charge in [-0.25, -0.2) is 0 Å². The molecule has 0 atom stereocenters. The Morgan fingerprint density at radius 1 is 0.800 bits per heavy atom. The second-order valence-electron chi connectivity index (χ2n) is 5.00. The minimum Gasteiger partial charge on any atom is -0.361 e. The molecule has 10 heteroatoms. The summed E-state index contributed by atoms with van der Waals surface area (Å²) in [5.41, 5.74) is 0.485. The Kier molecular flexibility index (Phi) is 5.03. The average Bonchev–Trinajstić information content (AvgIpc) is 2.96. The average molecular weight is 344 g/mol. The number of hydrogen-bond acceptors (Lipinski definition) is 6. The van der Waals surface area contributed by atoms with Gasteiger partial charge >= 0.3 is 0 Å². The molecule has 10 nitrogen and oxygen atoms in total. The molecule has 0 aliphatic rings. The first-order chi connectivity index (χ1) is 11.8. The van der Waals surface area contributed by atoms with Gasteiger partial charge in [-0.1, -0.05) is 18.2 Å². The van der Waals surface area contributed by atoms with Crippen LogP contribution >= 0.6 is 0 Å². The quantitative estimate of drug-likeness (QED) is 0.563. The molecule has 0 aliphatic carbocycles. The number of non-ortho nitro benzene ring substituents is 3. The highest BCUT2D eigenvalue weighted by atomic mass is 16.6. The molecule has 3 rings (SSSR count). The van der Waals surface area contributed by atoms with Crippen LogP contribution in [0.25, 0.3) is 10.9 Å². The molecule has 25 heavy (non-hydrogen) atoms. The first-order valence-corrected chi connectivity index (χ1v) is 6.90. The maximum Gasteiger partial charge on any atom is 0.283 e. The number of aromatic amines is 1. The van der Waals surface area contributed by atoms with Crippen molar-refractivity contribution in [3.8, 4) is 0 Å². The minimum atomic E-state index is -0.931. The van der Waals surface area contributed by atoms with Gasteiger partial charge in [-0.2, -0.15) is 0 Å². The molecule has 0 unspecified atom stereocenters. The largest absolute Gasteiger partial charge is 0.361 e. The summed E-state index contributed by atoms with van der Waals surface area (Å²) in [5.74, 6) is 0. The van der Waals surface area contributed by atoms with Crippen molar-refractivity contribution >= 4 is 28.0 Å². The Bertz CT molecular complexity index is 887. The fourth-order valence-electron chi connectivity index (χ4n) is 2.11. The van der Waals surface area contributed by atoms with Crippen molar-refractivity contribution in [3.05, 3.63) is 84.6 Å². The van der Waals surface area contributed by atoms with Crippen LogP contribution in [0.15, 0.2) is 48.7 Å². The van der Waals surface area contributed by atoms with E-state index in [-0.39, 0.29) is 0 Å². The number of nitrogens with zero attached hydrogens (tertiary/aromatic N) is 3. The summed E-state index contributed by atoms with van der Waals surface area (Å²) in [4.78, 5) is 31.3. The number of rotatable bonds is 3. The Hall–Kier alpha value is -3.82. The molecular formula is C15H12N4O6. The SMILES string of the molecule is Cc1c[nH]c2ccccc12.O=[N+]([O-])c1cc([N+](=O)[O-])cc([N+](=O)[O-])c1. The molecule has 128 valence electrons. The molecule has 0 radical (unpaired) electrons. The number of nitro groups is 3. The monoisotopic (exact) mass is 344 g/mol. The van der Waals surface area contributed by atoms with Gasteiger partial charge in [0.1, 0.15) is 0 Å². The Balaban J connectivity index is 0.000000194. The van der Waals surface area contributed by atoms with E-state index in [2.05, 4.69) is 30.1 Å². The summed E-state index contributed by atoms with van der Waals surface area (Å²) in [7, 11) is 0. The molecule has 1 aromatic heterocycles. The number of aryl methyl sites for hydroxylation is 1. The van der Waals surface area contributed by atoms with Gasteiger partial charge in [0.25, 0.3) is 17.1 Å². The highest BCUT2D eigenvalue weighted by Crippen LogP contribution is 2.26. The van der Waals surface area contributed by atoms with E-state index in [1.807, 2.05) is 12.3 Å². The zero-order valence-corrected chi connectivity index (χ0v) is 12.9. The van der Waals surface area contributed by atoms with Crippen LogP contribution < -0.4 is 0 Å². The van der Waals surface area contributed by atoms with Gasteiger partial charge < -0.3 is 4.98 Å². The standard InChI is InChI=1S/C9H9N.C6H3N3O6/c1-7-6-10-9-5-3-2-4-8(7)9;10-7(11)4-1-5(8(12)13)3-6(2-4)9(14)15/h2-6,10H,1H3;1-3H. The van der Waals surface area contributed by atoms with Gasteiger partial charge in [-0.05, 0) is 18.6 Å². The topological polar surface area (TPSA) is 145 Å². The fraction of sp³-hybridized carbons (Fsp3) is 0.0667. The number of nitrogens with one attached hydrogen (secondary N) is 1. The number of benzene rings is 2. The third-order valence-corrected chi connectivity index (χ3v) is 3.32. The second-order valence-corrected chi connectivity index (χ2v) is 5.00. The Morgan fingerprint density at radius 2 is 1.24 bits per heavy atom. The van der Waals surface area contributed by atoms with E-state index in [9.17, 15) is 30.3 Å². The van der Waals surface area contributed by atoms with Crippen LogP contribution in [0.5, 0.6) is 0 Å². The van der Waals surface area contributed by atoms with Gasteiger partial charge in [0.2, 0.25) is 0 Å². The summed E-state index contributed by atoms with van der Waals surface area (Å²) in [6.45, 7) is 2.11. The van der Waals surface area contributed by atoms with E-state index in [4.69, 9.17) is 0 Å². The summed E-state index contributed by atoms with van der Waals surface area (Å²) in [6.07, 6.45) is 2.03. The second kappa shape index (κ2) is 7.17. The van der Waals surface area contributed by atoms with Crippen molar-refractivity contribution in [2.24, 2.45) is 0 Å². The van der Waals surface area contributed by atoms with E-state index in [1.54, 1.807) is 0 Å². The van der Waals surface area contributed by atoms with E-state index in [0.29, 0.717) is 18.2 Å². The predicted molar refractivity (Wildman–Crippen MR) is 89.4 cm³/mol. The van der Waals surface area contributed by atoms with Crippen LogP contribution in [0.4, 0.5) is 17.1 Å². The number of fused-ring (bicyclic) bond motifs is 1. The maximum absolute atomic E-state index is 10.3. The molecule has 0 saturated heterocycles. The van der Waals surface area contributed by atoms with Crippen LogP contribution in [-0.2, 0) is 0 Å². The molecule has 0 amide bonds. The molecule has 0 spiro atoms. The van der Waals surface area contributed by atoms with E-state index in [1.165, 1.54) is 16.5 Å². The summed E-state index contributed by atoms with van der Waals surface area (Å²) in [6, 6.07) is 10.3. The highest BCUT2D eigenvalue weighted by molar-refractivity contribution is 5.82. The number of nitro benzene ring substituents is 3.